The van der Waals surface area contributed by atoms with Gasteiger partial charge in [0, 0.05) is 17.5 Å². The molecule has 0 fully saturated rings. The summed E-state index contributed by atoms with van der Waals surface area (Å²) in [5.74, 6) is 0.833. The summed E-state index contributed by atoms with van der Waals surface area (Å²) < 4.78 is 17.3. The maximum atomic E-state index is 12.0. The molecule has 1 aliphatic carbocycles. The van der Waals surface area contributed by atoms with Gasteiger partial charge in [0.25, 0.3) is 0 Å². The molecule has 0 spiro atoms. The van der Waals surface area contributed by atoms with E-state index in [1.165, 1.54) is 0 Å². The summed E-state index contributed by atoms with van der Waals surface area (Å²) in [5, 5.41) is 0. The van der Waals surface area contributed by atoms with Gasteiger partial charge in [0.05, 0.1) is 0 Å². The van der Waals surface area contributed by atoms with Gasteiger partial charge in [0.1, 0.15) is 19.0 Å². The predicted molar refractivity (Wildman–Crippen MR) is 55.2 cm³/mol. The van der Waals surface area contributed by atoms with E-state index in [4.69, 9.17) is 4.74 Å². The lowest BCUT2D eigenvalue weighted by Gasteiger charge is -2.18. The Morgan fingerprint density at radius 3 is 3.00 bits per heavy atom. The van der Waals surface area contributed by atoms with Crippen molar-refractivity contribution < 1.29 is 13.9 Å². The van der Waals surface area contributed by atoms with Gasteiger partial charge in [0.2, 0.25) is 0 Å². The Hall–Kier alpha value is -1.38. The normalized spacial score (nSPS) is 14.9. The Balaban J connectivity index is 2.31. The van der Waals surface area contributed by atoms with E-state index in [0.717, 1.165) is 24.0 Å². The van der Waals surface area contributed by atoms with Crippen molar-refractivity contribution in [1.82, 2.24) is 0 Å². The first-order chi connectivity index (χ1) is 7.33. The first-order valence-electron chi connectivity index (χ1n) is 5.17. The third kappa shape index (κ3) is 2.01. The lowest BCUT2D eigenvalue weighted by molar-refractivity contribution is 0.0971. The minimum atomic E-state index is -0.502. The number of carbonyl (C=O) groups excluding carboxylic acids is 1. The molecular weight excluding hydrogens is 195 g/mol. The molecule has 1 aliphatic rings. The number of hydrogen-bond donors (Lipinski definition) is 0. The van der Waals surface area contributed by atoms with Crippen LogP contribution >= 0.6 is 0 Å². The number of carbonyl (C=O) groups is 1. The summed E-state index contributed by atoms with van der Waals surface area (Å²) in [4.78, 5) is 11.6. The van der Waals surface area contributed by atoms with Crippen LogP contribution in [0.25, 0.3) is 0 Å². The van der Waals surface area contributed by atoms with Crippen molar-refractivity contribution in [3.05, 3.63) is 29.3 Å². The van der Waals surface area contributed by atoms with Crippen LogP contribution in [0.2, 0.25) is 0 Å². The molecular formula is C12H13FO2. The molecule has 0 aromatic heterocycles. The van der Waals surface area contributed by atoms with E-state index in [9.17, 15) is 9.18 Å². The zero-order valence-corrected chi connectivity index (χ0v) is 8.46. The van der Waals surface area contributed by atoms with Crippen LogP contribution in [0.1, 0.15) is 28.8 Å². The second-order valence-electron chi connectivity index (χ2n) is 3.60. The lowest BCUT2D eigenvalue weighted by Crippen LogP contribution is -2.13. The third-order valence-electron chi connectivity index (χ3n) is 2.60. The number of fused-ring (bicyclic) bond motifs is 1. The molecule has 0 radical (unpaired) electrons. The Morgan fingerprint density at radius 1 is 1.33 bits per heavy atom. The Labute approximate surface area is 88.1 Å². The van der Waals surface area contributed by atoms with Crippen LogP contribution in [-0.2, 0) is 6.42 Å². The quantitative estimate of drug-likeness (QED) is 0.763. The van der Waals surface area contributed by atoms with Gasteiger partial charge in [-0.25, -0.2) is 4.39 Å². The van der Waals surface area contributed by atoms with Gasteiger partial charge in [-0.05, 0) is 18.9 Å². The standard InChI is InChI=1S/C12H13FO2/c13-7-8-15-12-6-2-3-9-10(12)4-1-5-11(9)14/h2-3,6H,1,4-5,7-8H2. The SMILES string of the molecule is O=C1CCCc2c(OCCF)cccc21. The van der Waals surface area contributed by atoms with Crippen molar-refractivity contribution in [3.8, 4) is 5.75 Å². The molecule has 2 nitrogen and oxygen atoms in total. The van der Waals surface area contributed by atoms with Crippen LogP contribution in [0.4, 0.5) is 4.39 Å². The number of halogens is 1. The number of hydrogen-bond acceptors (Lipinski definition) is 2. The van der Waals surface area contributed by atoms with Gasteiger partial charge >= 0.3 is 0 Å². The molecule has 2 rings (SSSR count). The second kappa shape index (κ2) is 4.43. The first-order valence-corrected chi connectivity index (χ1v) is 5.17. The molecule has 0 saturated heterocycles. The largest absolute Gasteiger partial charge is 0.491 e. The number of ether oxygens (including phenoxy) is 1. The Morgan fingerprint density at radius 2 is 2.20 bits per heavy atom. The summed E-state index contributed by atoms with van der Waals surface area (Å²) >= 11 is 0. The fourth-order valence-corrected chi connectivity index (χ4v) is 1.93. The van der Waals surface area contributed by atoms with E-state index in [0.29, 0.717) is 12.2 Å². The third-order valence-corrected chi connectivity index (χ3v) is 2.60. The van der Waals surface area contributed by atoms with Crippen LogP contribution < -0.4 is 4.74 Å². The Bertz CT molecular complexity index is 374. The molecule has 0 unspecified atom stereocenters. The van der Waals surface area contributed by atoms with E-state index in [1.807, 2.05) is 6.07 Å². The Kier molecular flexibility index (Phi) is 2.99. The van der Waals surface area contributed by atoms with Crippen molar-refractivity contribution in [3.63, 3.8) is 0 Å². The smallest absolute Gasteiger partial charge is 0.163 e. The highest BCUT2D eigenvalue weighted by Gasteiger charge is 2.19. The van der Waals surface area contributed by atoms with Gasteiger partial charge in [0.15, 0.2) is 5.78 Å². The summed E-state index contributed by atoms with van der Waals surface area (Å²) in [5.41, 5.74) is 1.69. The fourth-order valence-electron chi connectivity index (χ4n) is 1.93. The monoisotopic (exact) mass is 208 g/mol. The zero-order chi connectivity index (χ0) is 10.7. The summed E-state index contributed by atoms with van der Waals surface area (Å²) in [6, 6.07) is 5.40. The van der Waals surface area contributed by atoms with E-state index >= 15 is 0 Å². The highest BCUT2D eigenvalue weighted by molar-refractivity contribution is 5.99. The van der Waals surface area contributed by atoms with Crippen molar-refractivity contribution in [1.29, 1.82) is 0 Å². The number of Topliss-reactive ketones (excluding diaryl/α,β-unsaturated/α-hetero) is 1. The molecule has 0 N–H and O–H groups in total. The van der Waals surface area contributed by atoms with Gasteiger partial charge in [-0.15, -0.1) is 0 Å². The average molecular weight is 208 g/mol. The lowest BCUT2D eigenvalue weighted by atomic mass is 9.90. The van der Waals surface area contributed by atoms with Gasteiger partial charge in [-0.3, -0.25) is 4.79 Å². The van der Waals surface area contributed by atoms with E-state index in [-0.39, 0.29) is 12.4 Å². The second-order valence-corrected chi connectivity index (χ2v) is 3.60. The molecule has 1 aromatic carbocycles. The molecule has 15 heavy (non-hydrogen) atoms. The zero-order valence-electron chi connectivity index (χ0n) is 8.46. The van der Waals surface area contributed by atoms with Crippen LogP contribution in [-0.4, -0.2) is 19.1 Å². The minimum Gasteiger partial charge on any atom is -0.491 e. The summed E-state index contributed by atoms with van der Waals surface area (Å²) in [6.45, 7) is -0.442. The average Bonchev–Trinajstić information content (AvgIpc) is 2.27. The molecule has 0 saturated carbocycles. The van der Waals surface area contributed by atoms with Crippen molar-refractivity contribution in [2.75, 3.05) is 13.3 Å². The minimum absolute atomic E-state index is 0.0602. The molecule has 1 aromatic rings. The van der Waals surface area contributed by atoms with Gasteiger partial charge in [-0.2, -0.15) is 0 Å². The van der Waals surface area contributed by atoms with E-state index in [2.05, 4.69) is 0 Å². The number of ketones is 1. The molecule has 80 valence electrons. The van der Waals surface area contributed by atoms with Crippen molar-refractivity contribution >= 4 is 5.78 Å². The molecule has 0 atom stereocenters. The fraction of sp³-hybridized carbons (Fsp3) is 0.417. The molecule has 0 bridgehead atoms. The number of benzene rings is 1. The van der Waals surface area contributed by atoms with Crippen LogP contribution in [0.5, 0.6) is 5.75 Å². The number of rotatable bonds is 3. The molecule has 3 heteroatoms. The molecule has 0 amide bonds. The number of alkyl halides is 1. The summed E-state index contributed by atoms with van der Waals surface area (Å²) in [7, 11) is 0. The van der Waals surface area contributed by atoms with Gasteiger partial charge in [-0.1, -0.05) is 12.1 Å². The van der Waals surface area contributed by atoms with E-state index in [1.54, 1.807) is 12.1 Å². The predicted octanol–water partition coefficient (Wildman–Crippen LogP) is 2.55. The van der Waals surface area contributed by atoms with E-state index < -0.39 is 6.67 Å². The van der Waals surface area contributed by atoms with Crippen molar-refractivity contribution in [2.45, 2.75) is 19.3 Å². The van der Waals surface area contributed by atoms with Crippen LogP contribution in [0.3, 0.4) is 0 Å². The maximum Gasteiger partial charge on any atom is 0.163 e. The topological polar surface area (TPSA) is 26.3 Å². The maximum absolute atomic E-state index is 12.0. The van der Waals surface area contributed by atoms with Crippen LogP contribution in [0.15, 0.2) is 18.2 Å². The highest BCUT2D eigenvalue weighted by Crippen LogP contribution is 2.29. The summed E-state index contributed by atoms with van der Waals surface area (Å²) in [6.07, 6.45) is 2.32. The highest BCUT2D eigenvalue weighted by atomic mass is 19.1. The molecule has 0 heterocycles. The van der Waals surface area contributed by atoms with Gasteiger partial charge < -0.3 is 4.74 Å². The van der Waals surface area contributed by atoms with Crippen molar-refractivity contribution in [2.24, 2.45) is 0 Å². The molecule has 0 aliphatic heterocycles. The first kappa shape index (κ1) is 10.1. The van der Waals surface area contributed by atoms with Crippen LogP contribution in [0, 0.1) is 0 Å².